The number of rotatable bonds is 14. The number of nitrogens with one attached hydrogen (secondary N) is 1. The van der Waals surface area contributed by atoms with E-state index in [1.807, 2.05) is 0 Å². The van der Waals surface area contributed by atoms with Crippen molar-refractivity contribution in [3.63, 3.8) is 0 Å². The lowest BCUT2D eigenvalue weighted by Crippen LogP contribution is -2.42. The Labute approximate surface area is 147 Å². The van der Waals surface area contributed by atoms with E-state index < -0.39 is 0 Å². The molecule has 0 aliphatic heterocycles. The molecule has 3 nitrogen and oxygen atoms in total. The second-order valence-corrected chi connectivity index (χ2v) is 8.84. The van der Waals surface area contributed by atoms with Crippen molar-refractivity contribution in [1.29, 1.82) is 0 Å². The van der Waals surface area contributed by atoms with Crippen LogP contribution in [0, 0.1) is 23.7 Å². The molecule has 0 fully saturated rings. The molecule has 0 aromatic carbocycles. The molecule has 1 N–H and O–H groups in total. The molecule has 140 valence electrons. The standard InChI is InChI=1S/C20H45N3/c1-17(2)13-21-9-10-22(14-18(3)4)11-12-23(15-19(5)6)16-20(7)8/h17-21H,9-16H2,1-8H3. The maximum atomic E-state index is 3.59. The highest BCUT2D eigenvalue weighted by atomic mass is 15.2. The van der Waals surface area contributed by atoms with Crippen molar-refractivity contribution in [1.82, 2.24) is 15.1 Å². The molecule has 0 amide bonds. The van der Waals surface area contributed by atoms with Gasteiger partial charge in [-0.25, -0.2) is 0 Å². The highest BCUT2D eigenvalue weighted by Crippen LogP contribution is 2.05. The Hall–Kier alpha value is -0.120. The number of hydrogen-bond acceptors (Lipinski definition) is 3. The second kappa shape index (κ2) is 13.2. The third kappa shape index (κ3) is 15.2. The molecule has 0 heterocycles. The maximum Gasteiger partial charge on any atom is 0.0110 e. The third-order valence-corrected chi connectivity index (χ3v) is 3.76. The van der Waals surface area contributed by atoms with E-state index in [1.165, 1.54) is 39.3 Å². The Morgan fingerprint density at radius 3 is 1.43 bits per heavy atom. The minimum atomic E-state index is 0.737. The van der Waals surface area contributed by atoms with E-state index >= 15 is 0 Å². The van der Waals surface area contributed by atoms with Gasteiger partial charge in [0.05, 0.1) is 0 Å². The minimum absolute atomic E-state index is 0.737. The molecule has 0 unspecified atom stereocenters. The molecule has 0 saturated carbocycles. The highest BCUT2D eigenvalue weighted by Gasteiger charge is 2.13. The fourth-order valence-corrected chi connectivity index (χ4v) is 3.01. The molecule has 0 aliphatic rings. The monoisotopic (exact) mass is 327 g/mol. The van der Waals surface area contributed by atoms with Gasteiger partial charge in [-0.05, 0) is 30.2 Å². The van der Waals surface area contributed by atoms with E-state index in [2.05, 4.69) is 70.5 Å². The summed E-state index contributed by atoms with van der Waals surface area (Å²) in [7, 11) is 0. The van der Waals surface area contributed by atoms with Crippen LogP contribution >= 0.6 is 0 Å². The zero-order chi connectivity index (χ0) is 17.8. The van der Waals surface area contributed by atoms with Crippen LogP contribution in [0.25, 0.3) is 0 Å². The number of nitrogens with zero attached hydrogens (tertiary/aromatic N) is 2. The maximum absolute atomic E-state index is 3.59. The molecule has 0 aliphatic carbocycles. The predicted octanol–water partition coefficient (Wildman–Crippen LogP) is 3.80. The van der Waals surface area contributed by atoms with Gasteiger partial charge in [0.15, 0.2) is 0 Å². The van der Waals surface area contributed by atoms with Crippen molar-refractivity contribution in [3.05, 3.63) is 0 Å². The summed E-state index contributed by atoms with van der Waals surface area (Å²) < 4.78 is 0. The van der Waals surface area contributed by atoms with Gasteiger partial charge >= 0.3 is 0 Å². The fraction of sp³-hybridized carbons (Fsp3) is 1.00. The summed E-state index contributed by atoms with van der Waals surface area (Å²) in [5.41, 5.74) is 0. The lowest BCUT2D eigenvalue weighted by atomic mass is 10.1. The molecule has 0 atom stereocenters. The van der Waals surface area contributed by atoms with Gasteiger partial charge in [0.2, 0.25) is 0 Å². The van der Waals surface area contributed by atoms with Crippen LogP contribution < -0.4 is 5.32 Å². The fourth-order valence-electron chi connectivity index (χ4n) is 3.01. The molecular weight excluding hydrogens is 282 g/mol. The SMILES string of the molecule is CC(C)CNCCN(CCN(CC(C)C)CC(C)C)CC(C)C. The van der Waals surface area contributed by atoms with Crippen molar-refractivity contribution < 1.29 is 0 Å². The van der Waals surface area contributed by atoms with Crippen molar-refractivity contribution >= 4 is 0 Å². The molecule has 0 aromatic heterocycles. The van der Waals surface area contributed by atoms with Crippen molar-refractivity contribution in [2.75, 3.05) is 52.4 Å². The van der Waals surface area contributed by atoms with Crippen LogP contribution in [0.3, 0.4) is 0 Å². The van der Waals surface area contributed by atoms with Gasteiger partial charge in [-0.3, -0.25) is 0 Å². The van der Waals surface area contributed by atoms with Crippen molar-refractivity contribution in [2.24, 2.45) is 23.7 Å². The van der Waals surface area contributed by atoms with Crippen LogP contribution in [0.1, 0.15) is 55.4 Å². The minimum Gasteiger partial charge on any atom is -0.315 e. The molecule has 0 radical (unpaired) electrons. The first-order valence-electron chi connectivity index (χ1n) is 9.86. The van der Waals surface area contributed by atoms with E-state index in [1.54, 1.807) is 0 Å². The zero-order valence-electron chi connectivity index (χ0n) is 17.4. The average Bonchev–Trinajstić information content (AvgIpc) is 2.38. The van der Waals surface area contributed by atoms with Crippen molar-refractivity contribution in [3.8, 4) is 0 Å². The molecule has 23 heavy (non-hydrogen) atoms. The summed E-state index contributed by atoms with van der Waals surface area (Å²) in [6, 6.07) is 0. The van der Waals surface area contributed by atoms with Gasteiger partial charge in [-0.15, -0.1) is 0 Å². The van der Waals surface area contributed by atoms with Crippen molar-refractivity contribution in [2.45, 2.75) is 55.4 Å². The Balaban J connectivity index is 4.31. The van der Waals surface area contributed by atoms with E-state index in [4.69, 9.17) is 0 Å². The summed E-state index contributed by atoms with van der Waals surface area (Å²) >= 11 is 0. The van der Waals surface area contributed by atoms with Crippen LogP contribution in [-0.4, -0.2) is 62.2 Å². The van der Waals surface area contributed by atoms with Gasteiger partial charge in [0.25, 0.3) is 0 Å². The quantitative estimate of drug-likeness (QED) is 0.490. The van der Waals surface area contributed by atoms with E-state index in [0.717, 1.165) is 36.8 Å². The van der Waals surface area contributed by atoms with Gasteiger partial charge in [0.1, 0.15) is 0 Å². The number of hydrogen-bond donors (Lipinski definition) is 1. The zero-order valence-corrected chi connectivity index (χ0v) is 17.4. The van der Waals surface area contributed by atoms with Gasteiger partial charge in [-0.2, -0.15) is 0 Å². The smallest absolute Gasteiger partial charge is 0.0110 e. The second-order valence-electron chi connectivity index (χ2n) is 8.84. The van der Waals surface area contributed by atoms with Crippen LogP contribution in [0.2, 0.25) is 0 Å². The van der Waals surface area contributed by atoms with E-state index in [0.29, 0.717) is 0 Å². The molecule has 0 bridgehead atoms. The summed E-state index contributed by atoms with van der Waals surface area (Å²) in [6.45, 7) is 28.0. The molecular formula is C20H45N3. The lowest BCUT2D eigenvalue weighted by molar-refractivity contribution is 0.167. The van der Waals surface area contributed by atoms with E-state index in [-0.39, 0.29) is 0 Å². The summed E-state index contributed by atoms with van der Waals surface area (Å²) in [5.74, 6) is 2.98. The molecule has 0 spiro atoms. The summed E-state index contributed by atoms with van der Waals surface area (Å²) in [5, 5.41) is 3.59. The Bertz CT molecular complexity index is 252. The Morgan fingerprint density at radius 1 is 0.565 bits per heavy atom. The summed E-state index contributed by atoms with van der Waals surface area (Å²) in [4.78, 5) is 5.30. The van der Waals surface area contributed by atoms with Crippen LogP contribution in [0.4, 0.5) is 0 Å². The van der Waals surface area contributed by atoms with Crippen LogP contribution in [-0.2, 0) is 0 Å². The lowest BCUT2D eigenvalue weighted by Gasteiger charge is -2.30. The molecule has 0 aromatic rings. The van der Waals surface area contributed by atoms with E-state index in [9.17, 15) is 0 Å². The van der Waals surface area contributed by atoms with Crippen LogP contribution in [0.15, 0.2) is 0 Å². The van der Waals surface area contributed by atoms with Gasteiger partial charge in [-0.1, -0.05) is 55.4 Å². The predicted molar refractivity (Wildman–Crippen MR) is 105 cm³/mol. The normalized spacial score (nSPS) is 12.8. The Kier molecular flexibility index (Phi) is 13.1. The van der Waals surface area contributed by atoms with Gasteiger partial charge < -0.3 is 15.1 Å². The summed E-state index contributed by atoms with van der Waals surface area (Å²) in [6.07, 6.45) is 0. The van der Waals surface area contributed by atoms with Gasteiger partial charge in [0, 0.05) is 45.8 Å². The highest BCUT2D eigenvalue weighted by molar-refractivity contribution is 4.68. The molecule has 0 saturated heterocycles. The molecule has 3 heteroatoms. The first-order valence-corrected chi connectivity index (χ1v) is 9.86. The average molecular weight is 328 g/mol. The first kappa shape index (κ1) is 22.9. The largest absolute Gasteiger partial charge is 0.315 e. The third-order valence-electron chi connectivity index (χ3n) is 3.76. The first-order chi connectivity index (χ1) is 10.7. The Morgan fingerprint density at radius 2 is 1.00 bits per heavy atom. The molecule has 0 rings (SSSR count). The van der Waals surface area contributed by atoms with Crippen LogP contribution in [0.5, 0.6) is 0 Å². The topological polar surface area (TPSA) is 18.5 Å².